The van der Waals surface area contributed by atoms with Crippen LogP contribution in [0.3, 0.4) is 0 Å². The highest BCUT2D eigenvalue weighted by Crippen LogP contribution is 2.51. The Morgan fingerprint density at radius 2 is 2.27 bits per heavy atom. The van der Waals surface area contributed by atoms with E-state index in [1.807, 2.05) is 6.07 Å². The number of nitrogens with two attached hydrogens (primary N) is 1. The van der Waals surface area contributed by atoms with E-state index in [0.29, 0.717) is 11.5 Å². The molecular formula is C19H23N5O2. The van der Waals surface area contributed by atoms with E-state index in [4.69, 9.17) is 15.2 Å². The molecule has 2 atom stereocenters. The first-order valence-corrected chi connectivity index (χ1v) is 9.47. The number of aromatic nitrogens is 3. The number of rotatable bonds is 5. The van der Waals surface area contributed by atoms with E-state index in [-0.39, 0.29) is 5.41 Å². The van der Waals surface area contributed by atoms with Gasteiger partial charge in [-0.25, -0.2) is 0 Å². The Morgan fingerprint density at radius 1 is 1.38 bits per heavy atom. The molecule has 0 aromatic carbocycles. The number of pyridine rings is 1. The van der Waals surface area contributed by atoms with Crippen LogP contribution in [0.4, 0.5) is 5.69 Å². The second-order valence-electron chi connectivity index (χ2n) is 8.05. The van der Waals surface area contributed by atoms with Crippen molar-refractivity contribution in [2.24, 2.45) is 17.6 Å². The normalized spacial score (nSPS) is 27.7. The van der Waals surface area contributed by atoms with Crippen LogP contribution in [-0.2, 0) is 11.8 Å². The minimum Gasteiger partial charge on any atom is -0.369 e. The zero-order valence-corrected chi connectivity index (χ0v) is 14.7. The third-order valence-corrected chi connectivity index (χ3v) is 6.34. The maximum atomic E-state index is 11.8. The largest absolute Gasteiger partial charge is 0.369 e. The van der Waals surface area contributed by atoms with Crippen molar-refractivity contribution in [3.63, 3.8) is 0 Å². The summed E-state index contributed by atoms with van der Waals surface area (Å²) in [5, 5.41) is 4.25. The van der Waals surface area contributed by atoms with Crippen LogP contribution in [0.25, 0.3) is 0 Å². The molecule has 2 aromatic rings. The van der Waals surface area contributed by atoms with Crippen LogP contribution in [-0.4, -0.2) is 34.1 Å². The van der Waals surface area contributed by atoms with Crippen molar-refractivity contribution < 1.29 is 9.32 Å². The molecule has 3 aliphatic rings. The second-order valence-corrected chi connectivity index (χ2v) is 8.05. The molecule has 1 aliphatic heterocycles. The molecule has 5 rings (SSSR count). The van der Waals surface area contributed by atoms with Gasteiger partial charge in [-0.05, 0) is 43.6 Å². The van der Waals surface area contributed by atoms with E-state index < -0.39 is 5.91 Å². The van der Waals surface area contributed by atoms with Gasteiger partial charge in [0.25, 0.3) is 5.91 Å². The predicted molar refractivity (Wildman–Crippen MR) is 94.7 cm³/mol. The summed E-state index contributed by atoms with van der Waals surface area (Å²) < 4.78 is 5.75. The zero-order chi connectivity index (χ0) is 17.7. The van der Waals surface area contributed by atoms with Crippen LogP contribution in [0.1, 0.15) is 54.2 Å². The number of primary amides is 1. The molecule has 0 spiro atoms. The van der Waals surface area contributed by atoms with Gasteiger partial charge in [0.15, 0.2) is 5.82 Å². The Balaban J connectivity index is 1.46. The van der Waals surface area contributed by atoms with Gasteiger partial charge in [0.05, 0.1) is 16.7 Å². The maximum Gasteiger partial charge on any atom is 0.252 e. The first kappa shape index (κ1) is 15.8. The van der Waals surface area contributed by atoms with Gasteiger partial charge in [-0.1, -0.05) is 11.6 Å². The molecule has 0 bridgehead atoms. The summed E-state index contributed by atoms with van der Waals surface area (Å²) in [5.74, 6) is 2.40. The van der Waals surface area contributed by atoms with Crippen LogP contribution in [0.2, 0.25) is 0 Å². The maximum absolute atomic E-state index is 11.8. The van der Waals surface area contributed by atoms with Gasteiger partial charge in [0, 0.05) is 31.9 Å². The lowest BCUT2D eigenvalue weighted by Gasteiger charge is -2.25. The summed E-state index contributed by atoms with van der Waals surface area (Å²) in [4.78, 5) is 22.9. The molecule has 2 N–H and O–H groups in total. The molecule has 0 radical (unpaired) electrons. The number of amides is 1. The van der Waals surface area contributed by atoms with Gasteiger partial charge in [0.1, 0.15) is 0 Å². The van der Waals surface area contributed by atoms with Crippen LogP contribution in [0.5, 0.6) is 0 Å². The van der Waals surface area contributed by atoms with Crippen LogP contribution in [0.15, 0.2) is 23.0 Å². The van der Waals surface area contributed by atoms with Crippen molar-refractivity contribution in [3.8, 4) is 0 Å². The minimum atomic E-state index is -0.441. The molecule has 2 aromatic heterocycles. The Hall–Kier alpha value is -2.44. The molecular weight excluding hydrogens is 330 g/mol. The Labute approximate surface area is 152 Å². The Kier molecular flexibility index (Phi) is 3.52. The van der Waals surface area contributed by atoms with Crippen molar-refractivity contribution in [2.75, 3.05) is 18.0 Å². The van der Waals surface area contributed by atoms with Gasteiger partial charge >= 0.3 is 0 Å². The van der Waals surface area contributed by atoms with E-state index in [1.165, 1.54) is 19.3 Å². The lowest BCUT2D eigenvalue weighted by molar-refractivity contribution is 0.100. The van der Waals surface area contributed by atoms with Gasteiger partial charge < -0.3 is 15.2 Å². The lowest BCUT2D eigenvalue weighted by atomic mass is 9.80. The molecule has 0 unspecified atom stereocenters. The van der Waals surface area contributed by atoms with Gasteiger partial charge in [0.2, 0.25) is 5.89 Å². The highest BCUT2D eigenvalue weighted by Gasteiger charge is 2.54. The van der Waals surface area contributed by atoms with Crippen molar-refractivity contribution in [2.45, 2.75) is 43.9 Å². The zero-order valence-electron chi connectivity index (χ0n) is 14.7. The van der Waals surface area contributed by atoms with Crippen LogP contribution < -0.4 is 10.6 Å². The fourth-order valence-electron chi connectivity index (χ4n) is 4.79. The van der Waals surface area contributed by atoms with Crippen molar-refractivity contribution in [1.82, 2.24) is 15.1 Å². The molecule has 2 aliphatic carbocycles. The Bertz CT molecular complexity index is 846. The van der Waals surface area contributed by atoms with Gasteiger partial charge in [-0.3, -0.25) is 9.78 Å². The average Bonchev–Trinajstić information content (AvgIpc) is 3.03. The van der Waals surface area contributed by atoms with E-state index in [9.17, 15) is 4.79 Å². The number of carbonyl (C=O) groups excluding carboxylic acids is 1. The summed E-state index contributed by atoms with van der Waals surface area (Å²) in [6.45, 7) is 1.66. The topological polar surface area (TPSA) is 98.1 Å². The summed E-state index contributed by atoms with van der Waals surface area (Å²) in [5.41, 5.74) is 6.78. The van der Waals surface area contributed by atoms with Crippen molar-refractivity contribution >= 4 is 11.6 Å². The van der Waals surface area contributed by atoms with Crippen LogP contribution >= 0.6 is 0 Å². The van der Waals surface area contributed by atoms with Gasteiger partial charge in [-0.2, -0.15) is 4.98 Å². The minimum absolute atomic E-state index is 0.104. The number of anilines is 1. The molecule has 2 saturated carbocycles. The third kappa shape index (κ3) is 2.48. The van der Waals surface area contributed by atoms with Crippen molar-refractivity contribution in [1.29, 1.82) is 0 Å². The highest BCUT2D eigenvalue weighted by molar-refractivity contribution is 5.98. The van der Waals surface area contributed by atoms with E-state index in [0.717, 1.165) is 55.7 Å². The molecule has 1 saturated heterocycles. The number of hydrogen-bond acceptors (Lipinski definition) is 6. The molecule has 136 valence electrons. The Morgan fingerprint density at radius 3 is 3.08 bits per heavy atom. The summed E-state index contributed by atoms with van der Waals surface area (Å²) in [6, 6.07) is 1.88. The van der Waals surface area contributed by atoms with E-state index in [1.54, 1.807) is 12.4 Å². The van der Waals surface area contributed by atoms with E-state index in [2.05, 4.69) is 15.0 Å². The monoisotopic (exact) mass is 353 g/mol. The molecule has 1 amide bonds. The number of nitrogens with zero attached hydrogens (tertiary/aromatic N) is 4. The predicted octanol–water partition coefficient (Wildman–Crippen LogP) is 2.07. The third-order valence-electron chi connectivity index (χ3n) is 6.34. The molecule has 3 fully saturated rings. The number of fused-ring (bicyclic) bond motifs is 1. The highest BCUT2D eigenvalue weighted by atomic mass is 16.5. The quantitative estimate of drug-likeness (QED) is 0.884. The van der Waals surface area contributed by atoms with E-state index >= 15 is 0 Å². The SMILES string of the molecule is NC(=O)c1cnccc1N1C[C@H]2CCC[C@@]2(c2nc(CC3CC3)no2)C1. The standard InChI is InChI=1S/C19H23N5O2/c20-17(25)14-9-21-7-5-15(14)24-10-13-2-1-6-19(13,11-24)18-22-16(23-26-18)8-12-3-4-12/h5,7,9,12-13H,1-4,6,8,10-11H2,(H2,20,25)/t13-,19-/m1/s1. The second kappa shape index (κ2) is 5.79. The summed E-state index contributed by atoms with van der Waals surface area (Å²) in [7, 11) is 0. The lowest BCUT2D eigenvalue weighted by Crippen LogP contribution is -2.33. The fourth-order valence-corrected chi connectivity index (χ4v) is 4.79. The number of hydrogen-bond donors (Lipinski definition) is 1. The first-order valence-electron chi connectivity index (χ1n) is 9.47. The number of carbonyl (C=O) groups is 1. The van der Waals surface area contributed by atoms with Crippen molar-refractivity contribution in [3.05, 3.63) is 35.7 Å². The molecule has 7 nitrogen and oxygen atoms in total. The fraction of sp³-hybridized carbons (Fsp3) is 0.579. The first-order chi connectivity index (χ1) is 12.7. The molecule has 3 heterocycles. The molecule has 7 heteroatoms. The van der Waals surface area contributed by atoms with Gasteiger partial charge in [-0.15, -0.1) is 0 Å². The molecule has 26 heavy (non-hydrogen) atoms. The van der Waals surface area contributed by atoms with Crippen LogP contribution in [0, 0.1) is 11.8 Å². The summed E-state index contributed by atoms with van der Waals surface area (Å²) in [6.07, 6.45) is 10.1. The smallest absolute Gasteiger partial charge is 0.252 e. The average molecular weight is 353 g/mol. The summed E-state index contributed by atoms with van der Waals surface area (Å²) >= 11 is 0.